The van der Waals surface area contributed by atoms with E-state index in [4.69, 9.17) is 20.5 Å². The maximum atomic E-state index is 12.5. The number of amides is 1. The Labute approximate surface area is 358 Å². The molecular formula is C49H59F3N4O5. The highest BCUT2D eigenvalue weighted by Crippen LogP contribution is 2.48. The van der Waals surface area contributed by atoms with Gasteiger partial charge in [-0.25, -0.2) is 5.90 Å². The van der Waals surface area contributed by atoms with Crippen molar-refractivity contribution < 1.29 is 42.0 Å². The molecule has 2 aliphatic heterocycles. The summed E-state index contributed by atoms with van der Waals surface area (Å²) in [5, 5.41) is 11.7. The zero-order valence-electron chi connectivity index (χ0n) is 36.2. The van der Waals surface area contributed by atoms with E-state index in [9.17, 15) is 18.0 Å². The lowest BCUT2D eigenvalue weighted by Gasteiger charge is -2.27. The first-order chi connectivity index (χ1) is 29.0. The molecule has 9 nitrogen and oxygen atoms in total. The number of hydrogen-bond acceptors (Lipinski definition) is 7. The van der Waals surface area contributed by atoms with Gasteiger partial charge in [-0.15, -0.1) is 0 Å². The number of nitrogens with two attached hydrogens (primary N) is 1. The van der Waals surface area contributed by atoms with Crippen molar-refractivity contribution in [2.75, 3.05) is 31.1 Å². The summed E-state index contributed by atoms with van der Waals surface area (Å²) in [6.07, 6.45) is 10.1. The molecule has 3 aromatic rings. The minimum Gasteiger partial charge on any atom is -0.542 e. The van der Waals surface area contributed by atoms with Crippen molar-refractivity contribution in [1.29, 1.82) is 0 Å². The Balaban J connectivity index is 0.000000925. The number of rotatable bonds is 15. The van der Waals surface area contributed by atoms with E-state index in [1.165, 1.54) is 45.1 Å². The maximum Gasteiger partial charge on any atom is 0.430 e. The number of anilines is 1. The molecule has 0 spiro atoms. The molecule has 0 aromatic heterocycles. The molecule has 326 valence electrons. The number of benzene rings is 3. The summed E-state index contributed by atoms with van der Waals surface area (Å²) in [4.78, 5) is 28.4. The number of halogens is 3. The number of carboxylic acid groups (broad SMARTS) is 1. The average Bonchev–Trinajstić information content (AvgIpc) is 3.57. The van der Waals surface area contributed by atoms with E-state index in [0.29, 0.717) is 26.0 Å². The van der Waals surface area contributed by atoms with Crippen molar-refractivity contribution in [2.45, 2.75) is 103 Å². The number of alkyl halides is 3. The van der Waals surface area contributed by atoms with Gasteiger partial charge in [-0.2, -0.15) is 17.7 Å². The summed E-state index contributed by atoms with van der Waals surface area (Å²) in [5.41, 5.74) is 11.1. The fourth-order valence-electron chi connectivity index (χ4n) is 8.35. The van der Waals surface area contributed by atoms with Crippen LogP contribution in [0.4, 0.5) is 24.5 Å². The van der Waals surface area contributed by atoms with Crippen LogP contribution >= 0.6 is 0 Å². The van der Waals surface area contributed by atoms with Crippen LogP contribution in [0.3, 0.4) is 0 Å². The predicted molar refractivity (Wildman–Crippen MR) is 232 cm³/mol. The van der Waals surface area contributed by atoms with Crippen LogP contribution in [0.5, 0.6) is 5.75 Å². The first-order valence-corrected chi connectivity index (χ1v) is 21.1. The van der Waals surface area contributed by atoms with E-state index >= 15 is 0 Å². The number of ether oxygens (including phenoxy) is 1. The molecule has 0 fully saturated rings. The minimum absolute atomic E-state index is 0.0259. The number of carboxylic acids is 1. The van der Waals surface area contributed by atoms with Gasteiger partial charge in [0, 0.05) is 54.0 Å². The number of allylic oxidation sites excluding steroid dienone is 7. The summed E-state index contributed by atoms with van der Waals surface area (Å²) in [7, 11) is 0. The van der Waals surface area contributed by atoms with Crippen LogP contribution in [0.2, 0.25) is 0 Å². The molecule has 0 unspecified atom stereocenters. The number of para-hydroxylation sites is 2. The lowest BCUT2D eigenvalue weighted by molar-refractivity contribution is -0.437. The van der Waals surface area contributed by atoms with Crippen LogP contribution in [0.1, 0.15) is 96.8 Å². The van der Waals surface area contributed by atoms with Gasteiger partial charge in [0.05, 0.1) is 18.4 Å². The highest BCUT2D eigenvalue weighted by molar-refractivity contribution is 6.03. The Bertz CT molecular complexity index is 2200. The van der Waals surface area contributed by atoms with Crippen molar-refractivity contribution in [1.82, 2.24) is 5.32 Å². The molecule has 1 amide bonds. The molecule has 61 heavy (non-hydrogen) atoms. The van der Waals surface area contributed by atoms with Crippen molar-refractivity contribution in [3.8, 4) is 5.75 Å². The van der Waals surface area contributed by atoms with Gasteiger partial charge in [0.25, 0.3) is 0 Å². The largest absolute Gasteiger partial charge is 0.542 e. The van der Waals surface area contributed by atoms with Crippen LogP contribution in [-0.2, 0) is 31.7 Å². The Morgan fingerprint density at radius 3 is 2.23 bits per heavy atom. The topological polar surface area (TPSA) is 120 Å². The van der Waals surface area contributed by atoms with E-state index in [1.54, 1.807) is 0 Å². The maximum absolute atomic E-state index is 12.5. The summed E-state index contributed by atoms with van der Waals surface area (Å²) in [6, 6.07) is 25.6. The number of aliphatic carboxylic acids is 1. The standard InChI is InChI=1S/C47H58N4O3.C2HF3O2/c1-7-30-50-40-19-11-9-17-38(40)46(3,4)42(50)27-23-35-15-13-16-36(24-28-43-47(5,6)39-18-10-12-20-41(39)51(43)31-8-2)45(35)54-37-25-21-34(22-26-37)33-44(52)49-29-14-32-53-48;3-2(4,5)1(6)7/h9-12,17-28H,7-8,13-16,29-33,48H2,1-6H3;(H,6,7). The van der Waals surface area contributed by atoms with Gasteiger partial charge in [0.1, 0.15) is 24.0 Å². The van der Waals surface area contributed by atoms with Crippen LogP contribution in [0.25, 0.3) is 0 Å². The molecule has 6 rings (SSSR count). The van der Waals surface area contributed by atoms with Gasteiger partial charge in [-0.05, 0) is 98.6 Å². The van der Waals surface area contributed by atoms with Gasteiger partial charge in [-0.1, -0.05) is 82.3 Å². The van der Waals surface area contributed by atoms with Crippen LogP contribution in [0.15, 0.2) is 120 Å². The monoisotopic (exact) mass is 840 g/mol. The molecule has 12 heteroatoms. The smallest absolute Gasteiger partial charge is 0.430 e. The number of carbonyl (C=O) groups is 2. The molecule has 0 saturated heterocycles. The van der Waals surface area contributed by atoms with E-state index < -0.39 is 12.1 Å². The molecule has 3 aromatic carbocycles. The molecule has 3 aliphatic rings. The quantitative estimate of drug-likeness (QED) is 0.0892. The highest BCUT2D eigenvalue weighted by Gasteiger charge is 2.44. The molecule has 0 bridgehead atoms. The molecule has 3 N–H and O–H groups in total. The zero-order valence-corrected chi connectivity index (χ0v) is 36.2. The molecule has 0 atom stereocenters. The lowest BCUT2D eigenvalue weighted by Crippen LogP contribution is -2.37. The van der Waals surface area contributed by atoms with E-state index in [1.807, 2.05) is 24.3 Å². The van der Waals surface area contributed by atoms with Crippen molar-refractivity contribution in [3.05, 3.63) is 136 Å². The molecular weight excluding hydrogens is 782 g/mol. The first-order valence-electron chi connectivity index (χ1n) is 21.1. The van der Waals surface area contributed by atoms with Gasteiger partial charge in [-0.3, -0.25) is 4.79 Å². The fourth-order valence-corrected chi connectivity index (χ4v) is 8.35. The van der Waals surface area contributed by atoms with Gasteiger partial charge >= 0.3 is 6.18 Å². The van der Waals surface area contributed by atoms with E-state index in [2.05, 4.69) is 134 Å². The number of nitrogens with one attached hydrogen (secondary N) is 1. The van der Waals surface area contributed by atoms with E-state index in [0.717, 1.165) is 62.3 Å². The van der Waals surface area contributed by atoms with Crippen molar-refractivity contribution in [3.63, 3.8) is 0 Å². The second-order valence-electron chi connectivity index (χ2n) is 16.5. The van der Waals surface area contributed by atoms with Crippen LogP contribution in [-0.4, -0.2) is 54.6 Å². The summed E-state index contributed by atoms with van der Waals surface area (Å²) in [5.74, 6) is 3.75. The summed E-state index contributed by atoms with van der Waals surface area (Å²) < 4.78 is 41.0. The third-order valence-corrected chi connectivity index (χ3v) is 11.4. The third-order valence-electron chi connectivity index (χ3n) is 11.4. The van der Waals surface area contributed by atoms with Gasteiger partial charge < -0.3 is 29.7 Å². The fraction of sp³-hybridized carbons (Fsp3) is 0.408. The van der Waals surface area contributed by atoms with Crippen molar-refractivity contribution in [2.24, 2.45) is 5.90 Å². The molecule has 0 saturated carbocycles. The van der Waals surface area contributed by atoms with Gasteiger partial charge in [0.2, 0.25) is 11.6 Å². The number of carbonyl (C=O) groups excluding carboxylic acids is 2. The Morgan fingerprint density at radius 1 is 0.902 bits per heavy atom. The van der Waals surface area contributed by atoms with Crippen LogP contribution < -0.4 is 26.0 Å². The van der Waals surface area contributed by atoms with E-state index in [-0.39, 0.29) is 16.7 Å². The highest BCUT2D eigenvalue weighted by atomic mass is 19.4. The third kappa shape index (κ3) is 11.1. The normalized spacial score (nSPS) is 18.0. The number of hydrogen-bond donors (Lipinski definition) is 2. The number of fused-ring (bicyclic) bond motifs is 2. The Hall–Kier alpha value is -5.46. The first kappa shape index (κ1) is 46.6. The second-order valence-corrected chi connectivity index (χ2v) is 16.5. The lowest BCUT2D eigenvalue weighted by atomic mass is 9.81. The Kier molecular flexibility index (Phi) is 15.6. The predicted octanol–water partition coefficient (Wildman–Crippen LogP) is 8.80. The average molecular weight is 841 g/mol. The Morgan fingerprint density at radius 2 is 1.57 bits per heavy atom. The zero-order chi connectivity index (χ0) is 44.4. The summed E-state index contributed by atoms with van der Waals surface area (Å²) in [6.45, 7) is 16.7. The summed E-state index contributed by atoms with van der Waals surface area (Å²) >= 11 is 0. The SMILES string of the molecule is CCCN1/C(=C\C=C2/CCCC(/C=C/C3=[N+](CCC)c4ccccc4C3(C)C)=C2Oc2ccc(CC(=O)NCCCON)cc2)C(C)(C)c2ccccc21.O=C([O-])C(F)(F)F. The minimum atomic E-state index is -5.19. The molecule has 1 aliphatic carbocycles. The second kappa shape index (κ2) is 20.4. The van der Waals surface area contributed by atoms with Gasteiger partial charge in [0.15, 0.2) is 5.71 Å². The van der Waals surface area contributed by atoms with Crippen LogP contribution in [0, 0.1) is 0 Å². The number of nitrogens with zero attached hydrogens (tertiary/aromatic N) is 2. The molecule has 0 radical (unpaired) electrons. The van der Waals surface area contributed by atoms with Crippen molar-refractivity contribution >= 4 is 29.0 Å². The molecule has 2 heterocycles.